The van der Waals surface area contributed by atoms with Gasteiger partial charge in [0.05, 0.1) is 11.4 Å². The molecule has 76 valence electrons. The summed E-state index contributed by atoms with van der Waals surface area (Å²) in [4.78, 5) is 2.42. The van der Waals surface area contributed by atoms with E-state index < -0.39 is 0 Å². The van der Waals surface area contributed by atoms with E-state index in [-0.39, 0.29) is 0 Å². The van der Waals surface area contributed by atoms with Gasteiger partial charge in [-0.2, -0.15) is 0 Å². The molecule has 1 aromatic rings. The molecule has 2 rings (SSSR count). The lowest BCUT2D eigenvalue weighted by atomic mass is 10.1. The van der Waals surface area contributed by atoms with Crippen molar-refractivity contribution in [3.8, 4) is 0 Å². The van der Waals surface area contributed by atoms with Crippen molar-refractivity contribution in [1.29, 1.82) is 0 Å². The third kappa shape index (κ3) is 1.69. The molecular formula is C12H18N2. The van der Waals surface area contributed by atoms with E-state index in [9.17, 15) is 0 Å². The zero-order valence-corrected chi connectivity index (χ0v) is 8.96. The molecule has 1 aliphatic carbocycles. The van der Waals surface area contributed by atoms with Gasteiger partial charge in [0, 0.05) is 12.6 Å². The van der Waals surface area contributed by atoms with Gasteiger partial charge in [-0.25, -0.2) is 0 Å². The average Bonchev–Trinajstić information content (AvgIpc) is 2.96. The number of rotatable bonds is 3. The van der Waals surface area contributed by atoms with Crippen molar-refractivity contribution in [1.82, 2.24) is 0 Å². The topological polar surface area (TPSA) is 29.3 Å². The van der Waals surface area contributed by atoms with Gasteiger partial charge >= 0.3 is 0 Å². The molecule has 0 saturated heterocycles. The Bertz CT molecular complexity index is 329. The minimum atomic E-state index is 0.740. The lowest BCUT2D eigenvalue weighted by Crippen LogP contribution is -2.25. The molecule has 1 aliphatic rings. The van der Waals surface area contributed by atoms with E-state index >= 15 is 0 Å². The third-order valence-electron chi connectivity index (χ3n) is 2.82. The number of nitrogen functional groups attached to an aromatic ring is 1. The maximum Gasteiger partial charge on any atom is 0.0604 e. The van der Waals surface area contributed by atoms with Crippen LogP contribution in [0.1, 0.15) is 25.3 Å². The highest BCUT2D eigenvalue weighted by molar-refractivity contribution is 5.69. The summed E-state index contributed by atoms with van der Waals surface area (Å²) in [6.07, 6.45) is 2.64. The lowest BCUT2D eigenvalue weighted by molar-refractivity contribution is 0.827. The highest BCUT2D eigenvalue weighted by Gasteiger charge is 2.28. The van der Waals surface area contributed by atoms with Crippen molar-refractivity contribution < 1.29 is 0 Å². The predicted molar refractivity (Wildman–Crippen MR) is 61.6 cm³/mol. The van der Waals surface area contributed by atoms with Gasteiger partial charge in [0.15, 0.2) is 0 Å². The first-order chi connectivity index (χ1) is 6.72. The van der Waals surface area contributed by atoms with E-state index in [0.717, 1.165) is 18.3 Å². The predicted octanol–water partition coefficient (Wildman–Crippen LogP) is 2.57. The van der Waals surface area contributed by atoms with Gasteiger partial charge in [0.1, 0.15) is 0 Å². The largest absolute Gasteiger partial charge is 0.397 e. The highest BCUT2D eigenvalue weighted by atomic mass is 15.2. The fraction of sp³-hybridized carbons (Fsp3) is 0.500. The van der Waals surface area contributed by atoms with Crippen molar-refractivity contribution in [3.05, 3.63) is 23.8 Å². The zero-order chi connectivity index (χ0) is 10.1. The summed E-state index contributed by atoms with van der Waals surface area (Å²) in [7, 11) is 0. The number of benzene rings is 1. The molecule has 2 heteroatoms. The van der Waals surface area contributed by atoms with Crippen LogP contribution in [-0.4, -0.2) is 12.6 Å². The van der Waals surface area contributed by atoms with E-state index in [1.807, 2.05) is 6.07 Å². The molecule has 2 N–H and O–H groups in total. The molecule has 0 aromatic heterocycles. The molecule has 0 radical (unpaired) electrons. The summed E-state index contributed by atoms with van der Waals surface area (Å²) in [5.41, 5.74) is 9.40. The van der Waals surface area contributed by atoms with Crippen LogP contribution in [0.5, 0.6) is 0 Å². The second kappa shape index (κ2) is 3.52. The maximum atomic E-state index is 5.99. The van der Waals surface area contributed by atoms with Crippen LogP contribution >= 0.6 is 0 Å². The van der Waals surface area contributed by atoms with Crippen LogP contribution in [0.15, 0.2) is 18.2 Å². The van der Waals surface area contributed by atoms with Crippen molar-refractivity contribution >= 4 is 11.4 Å². The molecular weight excluding hydrogens is 172 g/mol. The highest BCUT2D eigenvalue weighted by Crippen LogP contribution is 2.34. The second-order valence-electron chi connectivity index (χ2n) is 4.08. The fourth-order valence-electron chi connectivity index (χ4n) is 1.91. The van der Waals surface area contributed by atoms with E-state index in [1.54, 1.807) is 0 Å². The van der Waals surface area contributed by atoms with Crippen LogP contribution in [-0.2, 0) is 0 Å². The standard InChI is InChI=1S/C12H18N2/c1-3-14(10-5-6-10)12-8-9(2)4-7-11(12)13/h4,7-8,10H,3,5-6,13H2,1-2H3. The van der Waals surface area contributed by atoms with Gasteiger partial charge in [-0.05, 0) is 44.4 Å². The van der Waals surface area contributed by atoms with Crippen molar-refractivity contribution in [3.63, 3.8) is 0 Å². The van der Waals surface area contributed by atoms with Crippen LogP contribution in [0.4, 0.5) is 11.4 Å². The van der Waals surface area contributed by atoms with Crippen LogP contribution in [0, 0.1) is 6.92 Å². The van der Waals surface area contributed by atoms with Crippen LogP contribution in [0.3, 0.4) is 0 Å². The molecule has 1 saturated carbocycles. The quantitative estimate of drug-likeness (QED) is 0.742. The molecule has 0 bridgehead atoms. The Morgan fingerprint density at radius 3 is 2.71 bits per heavy atom. The molecule has 1 aromatic carbocycles. The SMILES string of the molecule is CCN(c1cc(C)ccc1N)C1CC1. The van der Waals surface area contributed by atoms with E-state index in [1.165, 1.54) is 24.1 Å². The van der Waals surface area contributed by atoms with Crippen molar-refractivity contribution in [2.75, 3.05) is 17.2 Å². The Morgan fingerprint density at radius 1 is 1.43 bits per heavy atom. The van der Waals surface area contributed by atoms with Gasteiger partial charge in [-0.1, -0.05) is 6.07 Å². The van der Waals surface area contributed by atoms with Gasteiger partial charge < -0.3 is 10.6 Å². The summed E-state index contributed by atoms with van der Waals surface area (Å²) >= 11 is 0. The molecule has 2 nitrogen and oxygen atoms in total. The van der Waals surface area contributed by atoms with Crippen LogP contribution < -0.4 is 10.6 Å². The molecule has 0 unspecified atom stereocenters. The van der Waals surface area contributed by atoms with Gasteiger partial charge in [-0.3, -0.25) is 0 Å². The summed E-state index contributed by atoms with van der Waals surface area (Å²) in [6, 6.07) is 7.01. The first kappa shape index (κ1) is 9.38. The number of aryl methyl sites for hydroxylation is 1. The molecule has 0 spiro atoms. The molecule has 0 atom stereocenters. The smallest absolute Gasteiger partial charge is 0.0604 e. The van der Waals surface area contributed by atoms with E-state index in [2.05, 4.69) is 30.9 Å². The minimum absolute atomic E-state index is 0.740. The number of anilines is 2. The number of nitrogens with two attached hydrogens (primary N) is 1. The van der Waals surface area contributed by atoms with Crippen molar-refractivity contribution in [2.24, 2.45) is 0 Å². The Labute approximate surface area is 85.7 Å². The Balaban J connectivity index is 2.32. The Kier molecular flexibility index (Phi) is 2.36. The Morgan fingerprint density at radius 2 is 2.14 bits per heavy atom. The zero-order valence-electron chi connectivity index (χ0n) is 8.96. The van der Waals surface area contributed by atoms with E-state index in [4.69, 9.17) is 5.73 Å². The normalized spacial score (nSPS) is 15.6. The summed E-state index contributed by atoms with van der Waals surface area (Å²) in [5.74, 6) is 0. The second-order valence-corrected chi connectivity index (χ2v) is 4.08. The number of hydrogen-bond donors (Lipinski definition) is 1. The fourth-order valence-corrected chi connectivity index (χ4v) is 1.91. The van der Waals surface area contributed by atoms with E-state index in [0.29, 0.717) is 0 Å². The number of hydrogen-bond acceptors (Lipinski definition) is 2. The molecule has 0 amide bonds. The third-order valence-corrected chi connectivity index (χ3v) is 2.82. The maximum absolute atomic E-state index is 5.99. The Hall–Kier alpha value is -1.18. The monoisotopic (exact) mass is 190 g/mol. The first-order valence-corrected chi connectivity index (χ1v) is 5.35. The van der Waals surface area contributed by atoms with Crippen LogP contribution in [0.25, 0.3) is 0 Å². The lowest BCUT2D eigenvalue weighted by Gasteiger charge is -2.24. The molecule has 0 heterocycles. The van der Waals surface area contributed by atoms with Gasteiger partial charge in [0.2, 0.25) is 0 Å². The van der Waals surface area contributed by atoms with Gasteiger partial charge in [0.25, 0.3) is 0 Å². The average molecular weight is 190 g/mol. The summed E-state index contributed by atoms with van der Waals surface area (Å²) < 4.78 is 0. The summed E-state index contributed by atoms with van der Waals surface area (Å²) in [6.45, 7) is 5.36. The van der Waals surface area contributed by atoms with Gasteiger partial charge in [-0.15, -0.1) is 0 Å². The first-order valence-electron chi connectivity index (χ1n) is 5.35. The molecule has 0 aliphatic heterocycles. The van der Waals surface area contributed by atoms with Crippen molar-refractivity contribution in [2.45, 2.75) is 32.7 Å². The van der Waals surface area contributed by atoms with Crippen LogP contribution in [0.2, 0.25) is 0 Å². The minimum Gasteiger partial charge on any atom is -0.397 e. The summed E-state index contributed by atoms with van der Waals surface area (Å²) in [5, 5.41) is 0. The number of nitrogens with zero attached hydrogens (tertiary/aromatic N) is 1. The molecule has 14 heavy (non-hydrogen) atoms. The molecule has 1 fully saturated rings.